The van der Waals surface area contributed by atoms with Crippen LogP contribution in [0.15, 0.2) is 72.8 Å². The predicted octanol–water partition coefficient (Wildman–Crippen LogP) is 5.45. The van der Waals surface area contributed by atoms with Crippen LogP contribution in [0.4, 0.5) is 0 Å². The Labute approximate surface area is 177 Å². The van der Waals surface area contributed by atoms with Crippen molar-refractivity contribution in [3.05, 3.63) is 94.0 Å². The van der Waals surface area contributed by atoms with Crippen molar-refractivity contribution >= 4 is 35.1 Å². The second-order valence-corrected chi connectivity index (χ2v) is 6.65. The van der Waals surface area contributed by atoms with Gasteiger partial charge in [-0.1, -0.05) is 53.5 Å². The van der Waals surface area contributed by atoms with Crippen LogP contribution in [0, 0.1) is 0 Å². The zero-order chi connectivity index (χ0) is 20.6. The number of carbonyl (C=O) groups is 2. The lowest BCUT2D eigenvalue weighted by atomic mass is 10.2. The third kappa shape index (κ3) is 5.73. The molecule has 7 heteroatoms. The Bertz CT molecular complexity index is 1010. The molecule has 0 spiro atoms. The topological polar surface area (TPSA) is 61.8 Å². The van der Waals surface area contributed by atoms with E-state index >= 15 is 0 Å². The van der Waals surface area contributed by atoms with E-state index in [1.807, 2.05) is 18.2 Å². The van der Waals surface area contributed by atoms with Gasteiger partial charge < -0.3 is 14.2 Å². The first-order valence-electron chi connectivity index (χ1n) is 8.66. The highest BCUT2D eigenvalue weighted by atomic mass is 35.5. The lowest BCUT2D eigenvalue weighted by molar-refractivity contribution is 0.0445. The number of carbonyl (C=O) groups excluding carboxylic acids is 2. The summed E-state index contributed by atoms with van der Waals surface area (Å²) in [6.07, 6.45) is 0. The summed E-state index contributed by atoms with van der Waals surface area (Å²) in [4.78, 5) is 24.8. The maximum Gasteiger partial charge on any atom is 0.345 e. The van der Waals surface area contributed by atoms with Gasteiger partial charge in [-0.15, -0.1) is 0 Å². The zero-order valence-corrected chi connectivity index (χ0v) is 16.7. The van der Waals surface area contributed by atoms with Crippen molar-refractivity contribution in [1.82, 2.24) is 0 Å². The number of halogens is 2. The second-order valence-electron chi connectivity index (χ2n) is 5.81. The minimum Gasteiger partial charge on any atom is -0.490 e. The Kier molecular flexibility index (Phi) is 7.11. The summed E-state index contributed by atoms with van der Waals surface area (Å²) in [5.74, 6) is -0.596. The molecule has 29 heavy (non-hydrogen) atoms. The van der Waals surface area contributed by atoms with Crippen LogP contribution >= 0.6 is 23.2 Å². The van der Waals surface area contributed by atoms with Crippen molar-refractivity contribution in [2.45, 2.75) is 0 Å². The van der Waals surface area contributed by atoms with Gasteiger partial charge in [0.2, 0.25) is 0 Å². The summed E-state index contributed by atoms with van der Waals surface area (Å²) in [7, 11) is 0. The molecule has 148 valence electrons. The molecule has 0 N–H and O–H groups in total. The summed E-state index contributed by atoms with van der Waals surface area (Å²) >= 11 is 11.9. The van der Waals surface area contributed by atoms with Crippen LogP contribution in [-0.2, 0) is 4.74 Å². The van der Waals surface area contributed by atoms with Crippen LogP contribution in [-0.4, -0.2) is 25.2 Å². The largest absolute Gasteiger partial charge is 0.490 e. The van der Waals surface area contributed by atoms with Gasteiger partial charge in [0, 0.05) is 5.02 Å². The van der Waals surface area contributed by atoms with E-state index in [0.717, 1.165) is 0 Å². The third-order valence-corrected chi connectivity index (χ3v) is 4.34. The van der Waals surface area contributed by atoms with Crippen LogP contribution < -0.4 is 9.47 Å². The highest BCUT2D eigenvalue weighted by Crippen LogP contribution is 2.25. The minimum absolute atomic E-state index is 0.0407. The lowest BCUT2D eigenvalue weighted by Crippen LogP contribution is -2.15. The van der Waals surface area contributed by atoms with Gasteiger partial charge in [0.1, 0.15) is 30.3 Å². The molecule has 0 unspecified atom stereocenters. The second kappa shape index (κ2) is 9.96. The number of benzene rings is 3. The number of esters is 2. The van der Waals surface area contributed by atoms with E-state index in [-0.39, 0.29) is 35.1 Å². The Hall–Kier alpha value is -3.02. The average molecular weight is 431 g/mol. The number of hydrogen-bond acceptors (Lipinski definition) is 5. The first kappa shape index (κ1) is 20.7. The molecule has 0 atom stereocenters. The average Bonchev–Trinajstić information content (AvgIpc) is 2.72. The fourth-order valence-electron chi connectivity index (χ4n) is 2.42. The molecular weight excluding hydrogens is 415 g/mol. The van der Waals surface area contributed by atoms with E-state index in [4.69, 9.17) is 37.4 Å². The zero-order valence-electron chi connectivity index (χ0n) is 15.1. The van der Waals surface area contributed by atoms with Crippen LogP contribution in [0.5, 0.6) is 11.5 Å². The fraction of sp³-hybridized carbons (Fsp3) is 0.0909. The predicted molar refractivity (Wildman–Crippen MR) is 110 cm³/mol. The lowest BCUT2D eigenvalue weighted by Gasteiger charge is -2.11. The Balaban J connectivity index is 1.62. The van der Waals surface area contributed by atoms with Crippen molar-refractivity contribution in [1.29, 1.82) is 0 Å². The molecule has 0 aliphatic carbocycles. The van der Waals surface area contributed by atoms with E-state index in [1.165, 1.54) is 30.3 Å². The molecule has 0 aliphatic rings. The standard InChI is InChI=1S/C22H16Cl2O5/c23-15-10-11-17(19(24)14-15)22(26)29-20-9-5-4-8-18(20)21(25)28-13-12-27-16-6-2-1-3-7-16/h1-11,14H,12-13H2. The van der Waals surface area contributed by atoms with Crippen molar-refractivity contribution in [3.63, 3.8) is 0 Å². The van der Waals surface area contributed by atoms with Crippen molar-refractivity contribution in [3.8, 4) is 11.5 Å². The van der Waals surface area contributed by atoms with Crippen molar-refractivity contribution in [2.24, 2.45) is 0 Å². The van der Waals surface area contributed by atoms with Gasteiger partial charge in [0.05, 0.1) is 10.6 Å². The molecule has 0 amide bonds. The molecule has 0 aliphatic heterocycles. The van der Waals surface area contributed by atoms with E-state index in [0.29, 0.717) is 10.8 Å². The first-order valence-corrected chi connectivity index (χ1v) is 9.41. The van der Waals surface area contributed by atoms with Gasteiger partial charge in [-0.2, -0.15) is 0 Å². The first-order chi connectivity index (χ1) is 14.0. The molecule has 3 rings (SSSR count). The molecule has 0 fully saturated rings. The Morgan fingerprint density at radius 2 is 1.48 bits per heavy atom. The van der Waals surface area contributed by atoms with E-state index < -0.39 is 11.9 Å². The van der Waals surface area contributed by atoms with Gasteiger partial charge in [-0.05, 0) is 42.5 Å². The molecule has 0 saturated carbocycles. The van der Waals surface area contributed by atoms with Crippen LogP contribution in [0.1, 0.15) is 20.7 Å². The fourth-order valence-corrected chi connectivity index (χ4v) is 2.91. The van der Waals surface area contributed by atoms with E-state index in [1.54, 1.807) is 24.3 Å². The summed E-state index contributed by atoms with van der Waals surface area (Å²) in [5, 5.41) is 0.550. The van der Waals surface area contributed by atoms with Gasteiger partial charge >= 0.3 is 11.9 Å². The maximum atomic E-state index is 12.4. The van der Waals surface area contributed by atoms with Crippen LogP contribution in [0.2, 0.25) is 10.0 Å². The van der Waals surface area contributed by atoms with Gasteiger partial charge in [-0.3, -0.25) is 0 Å². The monoisotopic (exact) mass is 430 g/mol. The van der Waals surface area contributed by atoms with Crippen molar-refractivity contribution in [2.75, 3.05) is 13.2 Å². The molecule has 0 bridgehead atoms. The number of para-hydroxylation sites is 2. The minimum atomic E-state index is -0.709. The number of ether oxygens (including phenoxy) is 3. The smallest absolute Gasteiger partial charge is 0.345 e. The Morgan fingerprint density at radius 1 is 0.759 bits per heavy atom. The molecular formula is C22H16Cl2O5. The quantitative estimate of drug-likeness (QED) is 0.283. The molecule has 3 aromatic carbocycles. The Morgan fingerprint density at radius 3 is 2.24 bits per heavy atom. The van der Waals surface area contributed by atoms with E-state index in [2.05, 4.69) is 0 Å². The molecule has 3 aromatic rings. The highest BCUT2D eigenvalue weighted by molar-refractivity contribution is 6.36. The van der Waals surface area contributed by atoms with Crippen molar-refractivity contribution < 1.29 is 23.8 Å². The SMILES string of the molecule is O=C(Oc1ccccc1C(=O)OCCOc1ccccc1)c1ccc(Cl)cc1Cl. The van der Waals surface area contributed by atoms with Crippen LogP contribution in [0.3, 0.4) is 0 Å². The molecule has 0 saturated heterocycles. The van der Waals surface area contributed by atoms with Gasteiger partial charge in [-0.25, -0.2) is 9.59 Å². The summed E-state index contributed by atoms with van der Waals surface area (Å²) in [6.45, 7) is 0.233. The molecule has 5 nitrogen and oxygen atoms in total. The summed E-state index contributed by atoms with van der Waals surface area (Å²) in [5.41, 5.74) is 0.251. The number of rotatable bonds is 7. The van der Waals surface area contributed by atoms with Gasteiger partial charge in [0.25, 0.3) is 0 Å². The molecule has 0 heterocycles. The van der Waals surface area contributed by atoms with E-state index in [9.17, 15) is 9.59 Å². The molecule has 0 aromatic heterocycles. The maximum absolute atomic E-state index is 12.4. The third-order valence-electron chi connectivity index (χ3n) is 3.79. The number of hydrogen-bond donors (Lipinski definition) is 0. The van der Waals surface area contributed by atoms with Crippen LogP contribution in [0.25, 0.3) is 0 Å². The summed E-state index contributed by atoms with van der Waals surface area (Å²) in [6, 6.07) is 19.9. The van der Waals surface area contributed by atoms with Gasteiger partial charge in [0.15, 0.2) is 0 Å². The highest BCUT2D eigenvalue weighted by Gasteiger charge is 2.19. The molecule has 0 radical (unpaired) electrons. The summed E-state index contributed by atoms with van der Waals surface area (Å²) < 4.78 is 16.0. The normalized spacial score (nSPS) is 10.3.